The highest BCUT2D eigenvalue weighted by atomic mass is 32.2. The molecule has 1 fully saturated rings. The molecule has 116 valence electrons. The average molecular weight is 324 g/mol. The summed E-state index contributed by atoms with van der Waals surface area (Å²) in [6, 6.07) is -1.87. The summed E-state index contributed by atoms with van der Waals surface area (Å²) in [5, 5.41) is 11.5. The lowest BCUT2D eigenvalue weighted by Gasteiger charge is -2.25. The molecule has 1 saturated heterocycles. The van der Waals surface area contributed by atoms with Gasteiger partial charge in [-0.25, -0.2) is 18.0 Å². The van der Waals surface area contributed by atoms with Crippen molar-refractivity contribution >= 4 is 33.6 Å². The number of rotatable bonds is 6. The molecule has 2 N–H and O–H groups in total. The summed E-state index contributed by atoms with van der Waals surface area (Å²) in [7, 11) is -1.58. The number of carbonyl (C=O) groups excluding carboxylic acids is 1. The van der Waals surface area contributed by atoms with E-state index in [1.54, 1.807) is 0 Å². The van der Waals surface area contributed by atoms with E-state index in [0.29, 0.717) is 18.6 Å². The van der Waals surface area contributed by atoms with E-state index in [0.717, 1.165) is 0 Å². The molecule has 0 aromatic heterocycles. The van der Waals surface area contributed by atoms with Crippen molar-refractivity contribution in [3.8, 4) is 0 Å². The highest BCUT2D eigenvalue weighted by Crippen LogP contribution is 2.16. The van der Waals surface area contributed by atoms with Crippen molar-refractivity contribution < 1.29 is 23.1 Å². The Morgan fingerprint density at radius 3 is 2.60 bits per heavy atom. The third-order valence-corrected chi connectivity index (χ3v) is 5.68. The lowest BCUT2D eigenvalue weighted by molar-refractivity contribution is -0.139. The number of hydrogen-bond acceptors (Lipinski definition) is 5. The minimum atomic E-state index is -3.07. The van der Waals surface area contributed by atoms with Crippen LogP contribution in [0.1, 0.15) is 12.8 Å². The van der Waals surface area contributed by atoms with Gasteiger partial charge in [0.05, 0.1) is 11.5 Å². The van der Waals surface area contributed by atoms with Crippen LogP contribution in [-0.4, -0.2) is 73.1 Å². The highest BCUT2D eigenvalue weighted by Gasteiger charge is 2.33. The molecule has 2 amide bonds. The number of aliphatic carboxylic acids is 1. The minimum absolute atomic E-state index is 0.0561. The second-order valence-electron chi connectivity index (χ2n) is 4.79. The van der Waals surface area contributed by atoms with Gasteiger partial charge in [-0.2, -0.15) is 11.8 Å². The maximum Gasteiger partial charge on any atom is 0.326 e. The first-order chi connectivity index (χ1) is 9.26. The molecule has 0 bridgehead atoms. The van der Waals surface area contributed by atoms with Crippen molar-refractivity contribution in [3.05, 3.63) is 0 Å². The smallest absolute Gasteiger partial charge is 0.326 e. The van der Waals surface area contributed by atoms with Crippen molar-refractivity contribution in [1.29, 1.82) is 0 Å². The van der Waals surface area contributed by atoms with Gasteiger partial charge in [-0.3, -0.25) is 0 Å². The molecule has 0 aromatic carbocycles. The van der Waals surface area contributed by atoms with Crippen LogP contribution in [0, 0.1) is 0 Å². The Balaban J connectivity index is 2.58. The number of carboxylic acids is 1. The van der Waals surface area contributed by atoms with E-state index in [2.05, 4.69) is 5.32 Å². The van der Waals surface area contributed by atoms with E-state index in [9.17, 15) is 18.0 Å². The zero-order valence-electron chi connectivity index (χ0n) is 11.5. The number of carbonyl (C=O) groups is 2. The molecule has 1 aliphatic rings. The van der Waals surface area contributed by atoms with Crippen LogP contribution in [0.3, 0.4) is 0 Å². The van der Waals surface area contributed by atoms with E-state index in [1.165, 1.54) is 23.7 Å². The fourth-order valence-corrected chi connectivity index (χ4v) is 4.24. The van der Waals surface area contributed by atoms with Gasteiger partial charge in [0, 0.05) is 13.1 Å². The molecular formula is C11H20N2O5S2. The van der Waals surface area contributed by atoms with Crippen LogP contribution in [0.2, 0.25) is 0 Å². The number of amides is 2. The largest absolute Gasteiger partial charge is 0.480 e. The fraction of sp³-hybridized carbons (Fsp3) is 0.818. The number of nitrogens with one attached hydrogen (secondary N) is 1. The standard InChI is InChI=1S/C11H20N2O5S2/c1-13(8-4-6-20(17,18)7-8)11(16)12-9(10(14)15)3-5-19-2/h8-9H,3-7H2,1-2H3,(H,12,16)(H,14,15)/t8?,9-/m0/s1. The van der Waals surface area contributed by atoms with Crippen molar-refractivity contribution in [1.82, 2.24) is 10.2 Å². The van der Waals surface area contributed by atoms with Crippen molar-refractivity contribution in [3.63, 3.8) is 0 Å². The van der Waals surface area contributed by atoms with E-state index in [1.807, 2.05) is 6.26 Å². The summed E-state index contributed by atoms with van der Waals surface area (Å²) in [5.41, 5.74) is 0. The van der Waals surface area contributed by atoms with Gasteiger partial charge in [-0.15, -0.1) is 0 Å². The Bertz CT molecular complexity index is 465. The van der Waals surface area contributed by atoms with Gasteiger partial charge in [0.1, 0.15) is 6.04 Å². The first-order valence-corrected chi connectivity index (χ1v) is 9.44. The predicted octanol–water partition coefficient (Wildman–Crippen LogP) is 0.0212. The Morgan fingerprint density at radius 1 is 1.50 bits per heavy atom. The average Bonchev–Trinajstić information content (AvgIpc) is 2.73. The van der Waals surface area contributed by atoms with Crippen LogP contribution in [0.15, 0.2) is 0 Å². The molecule has 0 aromatic rings. The fourth-order valence-electron chi connectivity index (χ4n) is 1.99. The molecule has 0 saturated carbocycles. The van der Waals surface area contributed by atoms with Crippen molar-refractivity contribution in [2.75, 3.05) is 30.6 Å². The zero-order chi connectivity index (χ0) is 15.3. The molecule has 9 heteroatoms. The first-order valence-electron chi connectivity index (χ1n) is 6.22. The van der Waals surface area contributed by atoms with Gasteiger partial charge in [-0.1, -0.05) is 0 Å². The lowest BCUT2D eigenvalue weighted by atomic mass is 10.2. The second-order valence-corrected chi connectivity index (χ2v) is 8.00. The van der Waals surface area contributed by atoms with Crippen LogP contribution in [0.25, 0.3) is 0 Å². The summed E-state index contributed by atoms with van der Waals surface area (Å²) in [5.74, 6) is -0.442. The van der Waals surface area contributed by atoms with Crippen LogP contribution in [-0.2, 0) is 14.6 Å². The molecule has 2 atom stereocenters. The van der Waals surface area contributed by atoms with E-state index in [-0.39, 0.29) is 17.5 Å². The van der Waals surface area contributed by atoms with E-state index >= 15 is 0 Å². The Hall–Kier alpha value is -0.960. The number of thioether (sulfide) groups is 1. The molecule has 1 unspecified atom stereocenters. The van der Waals surface area contributed by atoms with Gasteiger partial charge < -0.3 is 15.3 Å². The Morgan fingerprint density at radius 2 is 2.15 bits per heavy atom. The van der Waals surface area contributed by atoms with Gasteiger partial charge >= 0.3 is 12.0 Å². The molecular weight excluding hydrogens is 304 g/mol. The molecule has 7 nitrogen and oxygen atoms in total. The molecule has 0 spiro atoms. The summed E-state index contributed by atoms with van der Waals surface area (Å²) in [4.78, 5) is 24.3. The second kappa shape index (κ2) is 7.16. The highest BCUT2D eigenvalue weighted by molar-refractivity contribution is 7.98. The molecule has 1 heterocycles. The Labute approximate surface area is 123 Å². The van der Waals surface area contributed by atoms with E-state index < -0.39 is 27.9 Å². The van der Waals surface area contributed by atoms with Crippen LogP contribution in [0.5, 0.6) is 0 Å². The number of sulfone groups is 1. The van der Waals surface area contributed by atoms with E-state index in [4.69, 9.17) is 5.11 Å². The zero-order valence-corrected chi connectivity index (χ0v) is 13.2. The molecule has 1 rings (SSSR count). The molecule has 20 heavy (non-hydrogen) atoms. The maximum absolute atomic E-state index is 12.0. The maximum atomic E-state index is 12.0. The number of hydrogen-bond donors (Lipinski definition) is 2. The third kappa shape index (κ3) is 4.86. The number of urea groups is 1. The quantitative estimate of drug-likeness (QED) is 0.714. The molecule has 0 radical (unpaired) electrons. The lowest BCUT2D eigenvalue weighted by Crippen LogP contribution is -2.50. The normalized spacial score (nSPS) is 22.2. The van der Waals surface area contributed by atoms with Crippen LogP contribution in [0.4, 0.5) is 4.79 Å². The number of carboxylic acid groups (broad SMARTS) is 1. The van der Waals surface area contributed by atoms with Gasteiger partial charge in [0.25, 0.3) is 0 Å². The third-order valence-electron chi connectivity index (χ3n) is 3.28. The van der Waals surface area contributed by atoms with Gasteiger partial charge in [0.15, 0.2) is 9.84 Å². The van der Waals surface area contributed by atoms with Gasteiger partial charge in [-0.05, 0) is 24.9 Å². The summed E-state index contributed by atoms with van der Waals surface area (Å²) in [6.07, 6.45) is 2.59. The molecule has 0 aliphatic carbocycles. The minimum Gasteiger partial charge on any atom is -0.480 e. The summed E-state index contributed by atoms with van der Waals surface area (Å²) >= 11 is 1.50. The first kappa shape index (κ1) is 17.1. The topological polar surface area (TPSA) is 104 Å². The van der Waals surface area contributed by atoms with Crippen LogP contribution < -0.4 is 5.32 Å². The van der Waals surface area contributed by atoms with Gasteiger partial charge in [0.2, 0.25) is 0 Å². The molecule has 1 aliphatic heterocycles. The SMILES string of the molecule is CSCC[C@H](NC(=O)N(C)C1CCS(=O)(=O)C1)C(=O)O. The van der Waals surface area contributed by atoms with Crippen molar-refractivity contribution in [2.45, 2.75) is 24.9 Å². The summed E-state index contributed by atoms with van der Waals surface area (Å²) < 4.78 is 22.8. The Kier molecular flexibility index (Phi) is 6.12. The monoisotopic (exact) mass is 324 g/mol. The number of nitrogens with zero attached hydrogens (tertiary/aromatic N) is 1. The predicted molar refractivity (Wildman–Crippen MR) is 77.8 cm³/mol. The summed E-state index contributed by atoms with van der Waals surface area (Å²) in [6.45, 7) is 0. The van der Waals surface area contributed by atoms with Crippen molar-refractivity contribution in [2.24, 2.45) is 0 Å². The van der Waals surface area contributed by atoms with Crippen LogP contribution >= 0.6 is 11.8 Å².